The number of hydrogen-bond donors (Lipinski definition) is 5. The number of carbonyl (C=O) groups is 1. The third kappa shape index (κ3) is 16.3. The number of likely N-dealkylation sites (tertiary alicyclic amines) is 1. The summed E-state index contributed by atoms with van der Waals surface area (Å²) < 4.78 is 5.18. The lowest BCUT2D eigenvalue weighted by Gasteiger charge is -2.36. The normalized spacial score (nSPS) is 16.4. The zero-order valence-electron chi connectivity index (χ0n) is 24.9. The van der Waals surface area contributed by atoms with Crippen LogP contribution in [0.5, 0.6) is 0 Å². The topological polar surface area (TPSA) is 104 Å². The summed E-state index contributed by atoms with van der Waals surface area (Å²) in [5, 5.41) is 13.4. The second-order valence-corrected chi connectivity index (χ2v) is 10.1. The molecule has 40 heavy (non-hydrogen) atoms. The molecule has 0 aromatic carbocycles. The average molecular weight is 593 g/mol. The lowest BCUT2D eigenvalue weighted by atomic mass is 10.0. The highest BCUT2D eigenvalue weighted by molar-refractivity contribution is 7.80. The molecule has 1 heterocycles. The minimum absolute atomic E-state index is 0.325. The van der Waals surface area contributed by atoms with Crippen molar-refractivity contribution in [3.63, 3.8) is 0 Å². The van der Waals surface area contributed by atoms with Gasteiger partial charge < -0.3 is 36.6 Å². The minimum atomic E-state index is -0.502. The number of methoxy groups -OCH3 is 1. The Hall–Kier alpha value is -2.85. The van der Waals surface area contributed by atoms with Gasteiger partial charge in [0.1, 0.15) is 10.7 Å². The van der Waals surface area contributed by atoms with E-state index in [0.29, 0.717) is 34.9 Å². The third-order valence-electron chi connectivity index (χ3n) is 5.72. The molecule has 0 aromatic rings. The van der Waals surface area contributed by atoms with Crippen molar-refractivity contribution in [2.24, 2.45) is 5.73 Å². The summed E-state index contributed by atoms with van der Waals surface area (Å²) in [7, 11) is 3.64. The fourth-order valence-corrected chi connectivity index (χ4v) is 4.10. The molecule has 8 nitrogen and oxygen atoms in total. The first-order chi connectivity index (χ1) is 19.0. The highest BCUT2D eigenvalue weighted by Gasteiger charge is 2.21. The molecule has 0 aromatic heterocycles. The van der Waals surface area contributed by atoms with E-state index in [1.165, 1.54) is 0 Å². The summed E-state index contributed by atoms with van der Waals surface area (Å²) in [5.41, 5.74) is 9.24. The lowest BCUT2D eigenvalue weighted by Crippen LogP contribution is -2.46. The van der Waals surface area contributed by atoms with Gasteiger partial charge in [0.15, 0.2) is 0 Å². The third-order valence-corrected chi connectivity index (χ3v) is 6.18. The fraction of sp³-hybridized carbons (Fsp3) is 0.467. The van der Waals surface area contributed by atoms with E-state index in [2.05, 4.69) is 45.9 Å². The summed E-state index contributed by atoms with van der Waals surface area (Å²) in [4.78, 5) is 14.0. The summed E-state index contributed by atoms with van der Waals surface area (Å²) in [6.45, 7) is 21.5. The molecule has 10 heteroatoms. The van der Waals surface area contributed by atoms with Crippen LogP contribution in [-0.2, 0) is 9.53 Å². The van der Waals surface area contributed by atoms with Gasteiger partial charge in [-0.2, -0.15) is 0 Å². The van der Waals surface area contributed by atoms with Gasteiger partial charge in [0.05, 0.1) is 12.3 Å². The first-order valence-corrected chi connectivity index (χ1v) is 14.2. The Morgan fingerprint density at radius 1 is 1.30 bits per heavy atom. The molecule has 0 bridgehead atoms. The maximum atomic E-state index is 11.1. The van der Waals surface area contributed by atoms with Crippen molar-refractivity contribution in [2.45, 2.75) is 46.1 Å². The van der Waals surface area contributed by atoms with Crippen molar-refractivity contribution in [3.8, 4) is 0 Å². The summed E-state index contributed by atoms with van der Waals surface area (Å²) >= 11 is 11.2. The molecule has 0 spiro atoms. The summed E-state index contributed by atoms with van der Waals surface area (Å²) in [6.07, 6.45) is 11.9. The number of thiocarbonyl (C=S) groups is 1. The number of hydrogen-bond acceptors (Lipinski definition) is 7. The van der Waals surface area contributed by atoms with Gasteiger partial charge >= 0.3 is 0 Å². The number of piperidine rings is 1. The van der Waals surface area contributed by atoms with E-state index in [1.807, 2.05) is 27.0 Å². The van der Waals surface area contributed by atoms with E-state index in [-0.39, 0.29) is 0 Å². The molecule has 224 valence electrons. The van der Waals surface area contributed by atoms with Gasteiger partial charge in [-0.05, 0) is 64.8 Å². The van der Waals surface area contributed by atoms with Crippen LogP contribution in [-0.4, -0.2) is 68.8 Å². The standard InChI is InChI=1S/C18H32N4OS.C12H17ClN2O/c1-6-16(9-10-19-4)21-18(24)15(3)20-17-8-7-11-22(12-17)14(2)13-23-5;1-4-6-10(7-9(3)13)8-11(12(14)16)15-5-2/h6,17,19-20H,2-3,7-13H2,1,4-5H3,(H,21,24);4,6-8,15H,1,5H2,2-3H3,(H2,14,16)/b16-6+;9-7+,10-6+,11-8-/t17-;/m0./s1. The number of carbonyl (C=O) groups excluding carboxylic acids is 1. The Kier molecular flexibility index (Phi) is 20.3. The first-order valence-electron chi connectivity index (χ1n) is 13.4. The van der Waals surface area contributed by atoms with Crippen molar-refractivity contribution in [2.75, 3.05) is 46.9 Å². The van der Waals surface area contributed by atoms with E-state index in [4.69, 9.17) is 34.3 Å². The molecule has 1 atom stereocenters. The fourth-order valence-electron chi connectivity index (χ4n) is 3.78. The van der Waals surface area contributed by atoms with Gasteiger partial charge in [-0.25, -0.2) is 0 Å². The Labute approximate surface area is 252 Å². The van der Waals surface area contributed by atoms with Gasteiger partial charge in [0.2, 0.25) is 0 Å². The monoisotopic (exact) mass is 592 g/mol. The molecule has 0 saturated carbocycles. The molecule has 1 amide bonds. The van der Waals surface area contributed by atoms with E-state index >= 15 is 0 Å². The molecule has 1 fully saturated rings. The first kappa shape index (κ1) is 37.1. The van der Waals surface area contributed by atoms with Crippen LogP contribution < -0.4 is 27.0 Å². The predicted octanol–water partition coefficient (Wildman–Crippen LogP) is 4.36. The molecule has 0 aliphatic carbocycles. The van der Waals surface area contributed by atoms with Gasteiger partial charge in [-0.15, -0.1) is 0 Å². The second-order valence-electron chi connectivity index (χ2n) is 9.11. The second kappa shape index (κ2) is 21.9. The molecule has 1 aliphatic rings. The Morgan fingerprint density at radius 2 is 2.00 bits per heavy atom. The van der Waals surface area contributed by atoms with Crippen molar-refractivity contribution >= 4 is 34.7 Å². The van der Waals surface area contributed by atoms with E-state index in [1.54, 1.807) is 38.3 Å². The highest BCUT2D eigenvalue weighted by atomic mass is 35.5. The highest BCUT2D eigenvalue weighted by Crippen LogP contribution is 2.16. The molecule has 1 rings (SSSR count). The number of primary amides is 1. The Balaban J connectivity index is 0.000000829. The number of nitrogens with zero attached hydrogens (tertiary/aromatic N) is 1. The smallest absolute Gasteiger partial charge is 0.264 e. The molecule has 0 unspecified atom stereocenters. The summed E-state index contributed by atoms with van der Waals surface area (Å²) in [6, 6.07) is 0.325. The van der Waals surface area contributed by atoms with Crippen LogP contribution in [0.25, 0.3) is 0 Å². The van der Waals surface area contributed by atoms with Gasteiger partial charge in [-0.3, -0.25) is 4.79 Å². The predicted molar refractivity (Wildman–Crippen MR) is 175 cm³/mol. The number of ether oxygens (including phenoxy) is 1. The van der Waals surface area contributed by atoms with Crippen LogP contribution in [0.1, 0.15) is 40.0 Å². The number of rotatable bonds is 16. The number of nitrogens with one attached hydrogen (secondary N) is 4. The van der Waals surface area contributed by atoms with Crippen LogP contribution in [0.2, 0.25) is 0 Å². The molecular weight excluding hydrogens is 544 g/mol. The van der Waals surface area contributed by atoms with Gasteiger partial charge in [0, 0.05) is 55.8 Å². The van der Waals surface area contributed by atoms with E-state index in [0.717, 1.165) is 61.6 Å². The lowest BCUT2D eigenvalue weighted by molar-refractivity contribution is -0.114. The molecule has 1 saturated heterocycles. The van der Waals surface area contributed by atoms with Crippen LogP contribution in [0.3, 0.4) is 0 Å². The molecule has 1 aliphatic heterocycles. The van der Waals surface area contributed by atoms with Crippen LogP contribution in [0.15, 0.2) is 83.5 Å². The average Bonchev–Trinajstić information content (AvgIpc) is 2.91. The Morgan fingerprint density at radius 3 is 2.52 bits per heavy atom. The van der Waals surface area contributed by atoms with Crippen LogP contribution >= 0.6 is 23.8 Å². The quantitative estimate of drug-likeness (QED) is 0.102. The van der Waals surface area contributed by atoms with Crippen LogP contribution in [0, 0.1) is 0 Å². The van der Waals surface area contributed by atoms with Crippen molar-refractivity contribution < 1.29 is 9.53 Å². The number of allylic oxidation sites excluding steroid dienone is 7. The minimum Gasteiger partial charge on any atom is -0.381 e. The van der Waals surface area contributed by atoms with E-state index < -0.39 is 5.91 Å². The number of nitrogens with two attached hydrogens (primary N) is 1. The molecular formula is C30H49ClN6O2S. The number of halogens is 1. The molecule has 6 N–H and O–H groups in total. The number of amides is 1. The largest absolute Gasteiger partial charge is 0.381 e. The van der Waals surface area contributed by atoms with Crippen molar-refractivity contribution in [1.82, 2.24) is 26.2 Å². The van der Waals surface area contributed by atoms with Crippen LogP contribution in [0.4, 0.5) is 0 Å². The SMILES string of the molecule is C=C(N[C@H]1CCCN(C(=C)COC)C1)C(=S)N/C(=C/C)CCNC.C=C/C=C(/C=C(\NCC)C(N)=O)\C=C(/C)Cl. The maximum Gasteiger partial charge on any atom is 0.264 e. The zero-order chi connectivity index (χ0) is 30.5. The van der Waals surface area contributed by atoms with Crippen molar-refractivity contribution in [1.29, 1.82) is 0 Å². The van der Waals surface area contributed by atoms with Gasteiger partial charge in [0.25, 0.3) is 5.91 Å². The van der Waals surface area contributed by atoms with Gasteiger partial charge in [-0.1, -0.05) is 61.8 Å². The summed E-state index contributed by atoms with van der Waals surface area (Å²) in [5.74, 6) is -0.502. The zero-order valence-corrected chi connectivity index (χ0v) is 26.4. The Bertz CT molecular complexity index is 983. The molecule has 0 radical (unpaired) electrons. The number of likely N-dealkylation sites (N-methyl/N-ethyl adjacent to an activating group) is 1. The van der Waals surface area contributed by atoms with E-state index in [9.17, 15) is 4.79 Å². The maximum absolute atomic E-state index is 11.1. The van der Waals surface area contributed by atoms with Crippen molar-refractivity contribution in [3.05, 3.63) is 83.5 Å².